The maximum Gasteiger partial charge on any atom is 0.338 e. The zero-order valence-corrected chi connectivity index (χ0v) is 15.5. The quantitative estimate of drug-likeness (QED) is 0.648. The Morgan fingerprint density at radius 3 is 1.88 bits per heavy atom. The lowest BCUT2D eigenvalue weighted by Crippen LogP contribution is -3.00. The summed E-state index contributed by atoms with van der Waals surface area (Å²) in [6.45, 7) is 10.3. The highest BCUT2D eigenvalue weighted by Crippen LogP contribution is 2.37. The van der Waals surface area contributed by atoms with E-state index in [1.165, 1.54) is 0 Å². The molecule has 24 heavy (non-hydrogen) atoms. The number of aliphatic hydroxyl groups is 1. The van der Waals surface area contributed by atoms with E-state index < -0.39 is 0 Å². The molecule has 0 saturated carbocycles. The van der Waals surface area contributed by atoms with Crippen LogP contribution in [0, 0.1) is 5.92 Å². The standard InChI is InChI=1S/C16H27N4O3.ClH/c1-10(2)22-15-17-14(18-16(19-15)23-11(3)4)20-7-5-12(6-8-20)13(21)9-20;/h10-13,21H,5-9H2,1-4H3;1H/q+1;/p-1. The van der Waals surface area contributed by atoms with E-state index >= 15 is 0 Å². The molecule has 1 aromatic rings. The van der Waals surface area contributed by atoms with Crippen LogP contribution in [0.2, 0.25) is 0 Å². The van der Waals surface area contributed by atoms with Crippen molar-refractivity contribution in [3.05, 3.63) is 0 Å². The highest BCUT2D eigenvalue weighted by atomic mass is 35.5. The van der Waals surface area contributed by atoms with Crippen LogP contribution in [0.1, 0.15) is 40.5 Å². The molecule has 0 spiro atoms. The molecule has 0 aromatic carbocycles. The molecule has 1 N–H and O–H groups in total. The predicted octanol–water partition coefficient (Wildman–Crippen LogP) is -1.46. The fourth-order valence-corrected chi connectivity index (χ4v) is 3.51. The zero-order valence-electron chi connectivity index (χ0n) is 14.8. The van der Waals surface area contributed by atoms with E-state index in [0.29, 0.717) is 34.9 Å². The van der Waals surface area contributed by atoms with Gasteiger partial charge in [0.2, 0.25) is 0 Å². The summed E-state index contributed by atoms with van der Waals surface area (Å²) in [4.78, 5) is 13.4. The van der Waals surface area contributed by atoms with Crippen LogP contribution in [-0.4, -0.2) is 58.0 Å². The first-order valence-corrected chi connectivity index (χ1v) is 8.52. The Kier molecular flexibility index (Phi) is 5.88. The molecule has 3 aliphatic rings. The van der Waals surface area contributed by atoms with Gasteiger partial charge in [-0.05, 0) is 27.7 Å². The molecular formula is C16H27ClN4O3. The van der Waals surface area contributed by atoms with E-state index in [2.05, 4.69) is 15.0 Å². The van der Waals surface area contributed by atoms with Crippen molar-refractivity contribution in [2.24, 2.45) is 5.92 Å². The molecule has 3 saturated heterocycles. The molecule has 1 aromatic heterocycles. The molecule has 4 rings (SSSR count). The normalized spacial score (nSPS) is 28.8. The van der Waals surface area contributed by atoms with E-state index in [-0.39, 0.29) is 30.7 Å². The number of quaternary nitrogens is 1. The van der Waals surface area contributed by atoms with Crippen molar-refractivity contribution in [3.63, 3.8) is 0 Å². The van der Waals surface area contributed by atoms with Crippen molar-refractivity contribution in [3.8, 4) is 12.0 Å². The third-order valence-electron chi connectivity index (χ3n) is 4.63. The number of hydrogen-bond acceptors (Lipinski definition) is 6. The van der Waals surface area contributed by atoms with Gasteiger partial charge in [-0.1, -0.05) is 0 Å². The summed E-state index contributed by atoms with van der Waals surface area (Å²) < 4.78 is 12.0. The second-order valence-electron chi connectivity index (χ2n) is 7.21. The van der Waals surface area contributed by atoms with Gasteiger partial charge < -0.3 is 27.0 Å². The lowest BCUT2D eigenvalue weighted by molar-refractivity contribution is -0.0228. The predicted molar refractivity (Wildman–Crippen MR) is 86.5 cm³/mol. The van der Waals surface area contributed by atoms with Crippen LogP contribution in [0.4, 0.5) is 5.95 Å². The molecule has 136 valence electrons. The molecule has 0 amide bonds. The lowest BCUT2D eigenvalue weighted by Gasteiger charge is -2.48. The van der Waals surface area contributed by atoms with E-state index in [4.69, 9.17) is 9.47 Å². The summed E-state index contributed by atoms with van der Waals surface area (Å²) in [5.41, 5.74) is 0. The third-order valence-corrected chi connectivity index (χ3v) is 4.63. The Labute approximate surface area is 149 Å². The van der Waals surface area contributed by atoms with Crippen LogP contribution >= 0.6 is 0 Å². The summed E-state index contributed by atoms with van der Waals surface area (Å²) in [5.74, 6) is 1.08. The van der Waals surface area contributed by atoms with Gasteiger partial charge in [-0.15, -0.1) is 15.0 Å². The van der Waals surface area contributed by atoms with Crippen LogP contribution in [-0.2, 0) is 0 Å². The Bertz CT molecular complexity index is 534. The summed E-state index contributed by atoms with van der Waals surface area (Å²) in [7, 11) is 0. The highest BCUT2D eigenvalue weighted by molar-refractivity contribution is 5.31. The summed E-state index contributed by atoms with van der Waals surface area (Å²) in [6, 6.07) is 0.602. The first kappa shape index (κ1) is 19.1. The van der Waals surface area contributed by atoms with Crippen molar-refractivity contribution >= 4 is 5.95 Å². The molecule has 3 aliphatic heterocycles. The molecule has 4 heterocycles. The maximum absolute atomic E-state index is 10.3. The van der Waals surface area contributed by atoms with E-state index in [0.717, 1.165) is 25.9 Å². The minimum Gasteiger partial charge on any atom is -1.00 e. The molecule has 1 unspecified atom stereocenters. The minimum absolute atomic E-state index is 0. The van der Waals surface area contributed by atoms with Crippen LogP contribution in [0.25, 0.3) is 0 Å². The van der Waals surface area contributed by atoms with E-state index in [1.54, 1.807) is 0 Å². The first-order valence-electron chi connectivity index (χ1n) is 8.52. The number of aliphatic hydroxyl groups excluding tert-OH is 1. The van der Waals surface area contributed by atoms with Crippen molar-refractivity contribution in [1.82, 2.24) is 19.4 Å². The van der Waals surface area contributed by atoms with Gasteiger partial charge in [-0.2, -0.15) is 0 Å². The highest BCUT2D eigenvalue weighted by Gasteiger charge is 2.49. The van der Waals surface area contributed by atoms with Gasteiger partial charge in [0.15, 0.2) is 0 Å². The lowest BCUT2D eigenvalue weighted by atomic mass is 9.84. The summed E-state index contributed by atoms with van der Waals surface area (Å²) >= 11 is 0. The Balaban J connectivity index is 0.00000208. The molecule has 0 aliphatic carbocycles. The molecule has 1 atom stereocenters. The van der Waals surface area contributed by atoms with Crippen LogP contribution < -0.4 is 26.4 Å². The van der Waals surface area contributed by atoms with Gasteiger partial charge in [-0.25, -0.2) is 0 Å². The maximum atomic E-state index is 10.3. The summed E-state index contributed by atoms with van der Waals surface area (Å²) in [6.07, 6.45) is 1.70. The first-order chi connectivity index (χ1) is 10.9. The fraction of sp³-hybridized carbons (Fsp3) is 0.812. The van der Waals surface area contributed by atoms with Gasteiger partial charge in [0.25, 0.3) is 0 Å². The van der Waals surface area contributed by atoms with Crippen molar-refractivity contribution < 1.29 is 27.0 Å². The largest absolute Gasteiger partial charge is 1.00 e. The minimum atomic E-state index is -0.279. The number of hydrogen-bond donors (Lipinski definition) is 1. The van der Waals surface area contributed by atoms with Gasteiger partial charge >= 0.3 is 18.0 Å². The number of piperidine rings is 3. The molecule has 8 heteroatoms. The molecule has 0 radical (unpaired) electrons. The molecular weight excluding hydrogens is 332 g/mol. The molecule has 3 fully saturated rings. The number of fused-ring (bicyclic) bond motifs is 3. The Morgan fingerprint density at radius 1 is 0.958 bits per heavy atom. The smallest absolute Gasteiger partial charge is 0.338 e. The van der Waals surface area contributed by atoms with Gasteiger partial charge in [0.1, 0.15) is 12.6 Å². The van der Waals surface area contributed by atoms with Crippen molar-refractivity contribution in [2.45, 2.75) is 58.8 Å². The molecule has 2 bridgehead atoms. The van der Waals surface area contributed by atoms with Crippen molar-refractivity contribution in [2.75, 3.05) is 19.6 Å². The van der Waals surface area contributed by atoms with Crippen LogP contribution in [0.3, 0.4) is 0 Å². The number of rotatable bonds is 5. The SMILES string of the molecule is CC(C)Oc1nc(OC(C)C)nc([N+]23CCC(CC2)C(O)C3)n1.[Cl-]. The van der Waals surface area contributed by atoms with Gasteiger partial charge in [0, 0.05) is 18.8 Å². The summed E-state index contributed by atoms with van der Waals surface area (Å²) in [5, 5.41) is 10.3. The second-order valence-corrected chi connectivity index (χ2v) is 7.21. The fourth-order valence-electron chi connectivity index (χ4n) is 3.51. The topological polar surface area (TPSA) is 77.4 Å². The number of halogens is 1. The number of ether oxygens (including phenoxy) is 2. The van der Waals surface area contributed by atoms with E-state index in [9.17, 15) is 5.11 Å². The average molecular weight is 359 g/mol. The zero-order chi connectivity index (χ0) is 16.6. The monoisotopic (exact) mass is 358 g/mol. The van der Waals surface area contributed by atoms with Crippen LogP contribution in [0.5, 0.6) is 12.0 Å². The van der Waals surface area contributed by atoms with Gasteiger partial charge in [-0.3, -0.25) is 4.48 Å². The molecule has 7 nitrogen and oxygen atoms in total. The van der Waals surface area contributed by atoms with Crippen molar-refractivity contribution in [1.29, 1.82) is 0 Å². The number of aromatic nitrogens is 3. The number of nitrogens with zero attached hydrogens (tertiary/aromatic N) is 4. The Hall–Kier alpha value is -1.18. The van der Waals surface area contributed by atoms with Crippen LogP contribution in [0.15, 0.2) is 0 Å². The third kappa shape index (κ3) is 3.90. The Morgan fingerprint density at radius 2 is 1.46 bits per heavy atom. The second kappa shape index (κ2) is 7.37. The average Bonchev–Trinajstić information content (AvgIpc) is 2.46. The van der Waals surface area contributed by atoms with Gasteiger partial charge in [0.05, 0.1) is 25.3 Å². The van der Waals surface area contributed by atoms with E-state index in [1.807, 2.05) is 27.7 Å².